The zero-order chi connectivity index (χ0) is 28.6. The Morgan fingerprint density at radius 2 is 1.15 bits per heavy atom. The smallest absolute Gasteiger partial charge is 0.239 e. The Bertz CT molecular complexity index is 1450. The molecule has 4 aromatic carbocycles. The van der Waals surface area contributed by atoms with E-state index in [2.05, 4.69) is 9.69 Å². The fourth-order valence-electron chi connectivity index (χ4n) is 3.06. The number of rotatable bonds is 6. The van der Waals surface area contributed by atoms with Gasteiger partial charge in [0.1, 0.15) is 18.1 Å². The van der Waals surface area contributed by atoms with E-state index in [4.69, 9.17) is 74.5 Å². The molecule has 0 aliphatic carbocycles. The lowest BCUT2D eigenvalue weighted by molar-refractivity contribution is 0.281. The molecule has 0 heterocycles. The number of nitrogens with zero attached hydrogens (tertiary/aromatic N) is 2. The summed E-state index contributed by atoms with van der Waals surface area (Å²) in [7, 11) is 0. The van der Waals surface area contributed by atoms with Gasteiger partial charge in [-0.1, -0.05) is 82.8 Å². The fourth-order valence-corrected chi connectivity index (χ4v) is 3.93. The summed E-state index contributed by atoms with van der Waals surface area (Å²) in [6.45, 7) is 14.7. The number of ether oxygens (including phenoxy) is 1. The van der Waals surface area contributed by atoms with E-state index in [0.29, 0.717) is 40.5 Å². The molecule has 0 saturated heterocycles. The molecule has 9 heteroatoms. The maximum Gasteiger partial charge on any atom is 0.239 e. The van der Waals surface area contributed by atoms with Crippen LogP contribution in [0.2, 0.25) is 20.1 Å². The third kappa shape index (κ3) is 11.9. The predicted molar refractivity (Wildman–Crippen MR) is 158 cm³/mol. The van der Waals surface area contributed by atoms with Crippen LogP contribution in [0.5, 0.6) is 11.5 Å². The van der Waals surface area contributed by atoms with Gasteiger partial charge in [-0.15, -0.1) is 0 Å². The molecule has 0 radical (unpaired) electrons. The number of aliphatic hydroxyl groups is 1. The van der Waals surface area contributed by atoms with Crippen LogP contribution in [0.4, 0.5) is 0 Å². The van der Waals surface area contributed by atoms with Crippen molar-refractivity contribution >= 4 is 46.4 Å². The first kappa shape index (κ1) is 31.8. The van der Waals surface area contributed by atoms with Crippen LogP contribution in [0.1, 0.15) is 22.3 Å². The van der Waals surface area contributed by atoms with E-state index in [-0.39, 0.29) is 17.4 Å². The van der Waals surface area contributed by atoms with Gasteiger partial charge < -0.3 is 24.6 Å². The average molecular weight is 602 g/mol. The van der Waals surface area contributed by atoms with Crippen molar-refractivity contribution in [3.8, 4) is 11.5 Å². The zero-order valence-electron chi connectivity index (χ0n) is 20.6. The molecular weight excluding hydrogens is 578 g/mol. The molecule has 0 saturated carbocycles. The van der Waals surface area contributed by atoms with Gasteiger partial charge in [0.05, 0.1) is 16.7 Å². The topological polar surface area (TPSA) is 58.4 Å². The third-order valence-corrected chi connectivity index (χ3v) is 5.95. The van der Waals surface area contributed by atoms with Crippen molar-refractivity contribution in [1.82, 2.24) is 0 Å². The second-order valence-electron chi connectivity index (χ2n) is 7.89. The normalized spacial score (nSPS) is 9.62. The Labute approximate surface area is 248 Å². The third-order valence-electron chi connectivity index (χ3n) is 4.89. The molecule has 200 valence electrons. The van der Waals surface area contributed by atoms with Crippen LogP contribution < -0.4 is 4.74 Å². The highest BCUT2D eigenvalue weighted by atomic mass is 35.5. The second-order valence-corrected chi connectivity index (χ2v) is 9.58. The van der Waals surface area contributed by atoms with Gasteiger partial charge in [-0.3, -0.25) is 0 Å². The molecule has 0 amide bonds. The van der Waals surface area contributed by atoms with Crippen molar-refractivity contribution in [3.63, 3.8) is 0 Å². The number of halogens is 4. The molecule has 0 aromatic heterocycles. The molecule has 0 unspecified atom stereocenters. The van der Waals surface area contributed by atoms with Crippen molar-refractivity contribution in [3.05, 3.63) is 150 Å². The van der Waals surface area contributed by atoms with Crippen molar-refractivity contribution in [2.24, 2.45) is 0 Å². The summed E-state index contributed by atoms with van der Waals surface area (Å²) < 4.78 is 5.64. The maximum atomic E-state index is 8.85. The van der Waals surface area contributed by atoms with Crippen molar-refractivity contribution < 1.29 is 14.9 Å². The highest BCUT2D eigenvalue weighted by Gasteiger charge is 2.04. The van der Waals surface area contributed by atoms with Gasteiger partial charge in [0.15, 0.2) is 0 Å². The van der Waals surface area contributed by atoms with Gasteiger partial charge >= 0.3 is 0 Å². The van der Waals surface area contributed by atoms with Gasteiger partial charge in [0, 0.05) is 21.2 Å². The maximum absolute atomic E-state index is 8.85. The van der Waals surface area contributed by atoms with Gasteiger partial charge in [-0.05, 0) is 59.7 Å². The van der Waals surface area contributed by atoms with E-state index in [1.165, 1.54) is 12.1 Å². The lowest BCUT2D eigenvalue weighted by Crippen LogP contribution is -1.96. The molecule has 5 nitrogen and oxygen atoms in total. The molecule has 0 fully saturated rings. The van der Waals surface area contributed by atoms with Gasteiger partial charge in [0.25, 0.3) is 0 Å². The van der Waals surface area contributed by atoms with E-state index in [0.717, 1.165) is 22.3 Å². The van der Waals surface area contributed by atoms with E-state index in [9.17, 15) is 0 Å². The summed E-state index contributed by atoms with van der Waals surface area (Å²) in [5, 5.41) is 19.5. The summed E-state index contributed by atoms with van der Waals surface area (Å²) in [5.41, 5.74) is 3.82. The van der Waals surface area contributed by atoms with Gasteiger partial charge in [-0.2, -0.15) is 0 Å². The number of benzene rings is 4. The van der Waals surface area contributed by atoms with Gasteiger partial charge in [0.2, 0.25) is 13.1 Å². The molecule has 0 atom stereocenters. The molecule has 2 N–H and O–H groups in total. The first-order valence-electron chi connectivity index (χ1n) is 11.4. The summed E-state index contributed by atoms with van der Waals surface area (Å²) in [5.74, 6) is 0.655. The molecule has 4 aromatic rings. The van der Waals surface area contributed by atoms with E-state index >= 15 is 0 Å². The molecule has 4 rings (SSSR count). The highest BCUT2D eigenvalue weighted by molar-refractivity contribution is 6.36. The minimum absolute atomic E-state index is 0.0475. The fraction of sp³-hybridized carbons (Fsp3) is 0.133. The van der Waals surface area contributed by atoms with Crippen LogP contribution in [-0.4, -0.2) is 10.2 Å². The number of hydrogen-bond donors (Lipinski definition) is 2. The number of phenolic OH excluding ortho intramolecular Hbond substituents is 1. The lowest BCUT2D eigenvalue weighted by Gasteiger charge is -2.08. The molecule has 0 bridgehead atoms. The summed E-state index contributed by atoms with van der Waals surface area (Å²) in [6.07, 6.45) is 0. The van der Waals surface area contributed by atoms with Crippen LogP contribution in [0, 0.1) is 13.1 Å². The minimum Gasteiger partial charge on any atom is -0.506 e. The molecule has 39 heavy (non-hydrogen) atoms. The van der Waals surface area contributed by atoms with Crippen molar-refractivity contribution in [2.45, 2.75) is 26.3 Å². The van der Waals surface area contributed by atoms with Crippen LogP contribution in [0.25, 0.3) is 9.69 Å². The predicted octanol–water partition coefficient (Wildman–Crippen LogP) is 9.29. The second kappa shape index (κ2) is 17.2. The van der Waals surface area contributed by atoms with Gasteiger partial charge in [-0.25, -0.2) is 13.1 Å². The van der Waals surface area contributed by atoms with Crippen molar-refractivity contribution in [2.75, 3.05) is 0 Å². The average Bonchev–Trinajstić information content (AvgIpc) is 2.92. The molecule has 0 spiro atoms. The highest BCUT2D eigenvalue weighted by Crippen LogP contribution is 2.28. The van der Waals surface area contributed by atoms with E-state index in [1.807, 2.05) is 48.5 Å². The Morgan fingerprint density at radius 1 is 0.641 bits per heavy atom. The Kier molecular flexibility index (Phi) is 14.0. The Morgan fingerprint density at radius 3 is 1.67 bits per heavy atom. The van der Waals surface area contributed by atoms with Crippen molar-refractivity contribution in [1.29, 1.82) is 0 Å². The Balaban J connectivity index is 0.000000226. The zero-order valence-corrected chi connectivity index (χ0v) is 23.6. The largest absolute Gasteiger partial charge is 0.506 e. The summed E-state index contributed by atoms with van der Waals surface area (Å²) in [6, 6.07) is 24.8. The molecule has 0 aliphatic heterocycles. The number of aliphatic hydroxyl groups excluding tert-OH is 1. The van der Waals surface area contributed by atoms with Crippen LogP contribution >= 0.6 is 46.4 Å². The van der Waals surface area contributed by atoms with E-state index < -0.39 is 0 Å². The summed E-state index contributed by atoms with van der Waals surface area (Å²) >= 11 is 22.8. The van der Waals surface area contributed by atoms with Crippen LogP contribution in [-0.2, 0) is 26.3 Å². The lowest BCUT2D eigenvalue weighted by atomic mass is 10.1. The van der Waals surface area contributed by atoms with Crippen LogP contribution in [0.15, 0.2) is 84.9 Å². The number of phenols is 1. The van der Waals surface area contributed by atoms with Crippen LogP contribution in [0.3, 0.4) is 0 Å². The number of aromatic hydroxyl groups is 1. The first-order valence-corrected chi connectivity index (χ1v) is 12.9. The standard InChI is InChI=1S/C15H11Cl2NO.C9H9NO.C6H4Cl2O/c1-18-9-11-3-2-4-12(7-11)10-19-15-6-5-13(16)8-14(15)17;1-10-6-8-3-2-4-9(5-8)7-11;7-4-1-2-6(9)5(8)3-4/h2-8H,9-10H2;2-5,11H,6-7H2;1-3,9H. The van der Waals surface area contributed by atoms with E-state index in [1.54, 1.807) is 24.3 Å². The SMILES string of the molecule is Oc1ccc(Cl)cc1Cl.[C-]#[N+]Cc1cccc(CO)c1.[C-]#[N+]Cc1cccc(COc2ccc(Cl)cc2Cl)c1. The monoisotopic (exact) mass is 600 g/mol. The number of hydrogen-bond acceptors (Lipinski definition) is 3. The minimum atomic E-state index is 0.0475. The summed E-state index contributed by atoms with van der Waals surface area (Å²) in [4.78, 5) is 6.61. The quantitative estimate of drug-likeness (QED) is 0.216. The Hall–Kier alpha value is -3.42. The molecular formula is C30H24Cl4N2O3. The molecule has 0 aliphatic rings. The first-order chi connectivity index (χ1) is 18.7.